The Morgan fingerprint density at radius 1 is 1.16 bits per heavy atom. The summed E-state index contributed by atoms with van der Waals surface area (Å²) in [6, 6.07) is 1.82. The van der Waals surface area contributed by atoms with Crippen LogP contribution >= 0.6 is 0 Å². The number of unbranched alkanes of at least 4 members (excludes halogenated alkanes) is 1. The molecule has 0 spiro atoms. The van der Waals surface area contributed by atoms with Crippen molar-refractivity contribution in [1.82, 2.24) is 0 Å². The van der Waals surface area contributed by atoms with E-state index in [9.17, 15) is 13.2 Å². The average molecular weight is 272 g/mol. The minimum atomic E-state index is -1.47. The van der Waals surface area contributed by atoms with Crippen LogP contribution in [-0.2, 0) is 9.31 Å². The van der Waals surface area contributed by atoms with Crippen molar-refractivity contribution in [3.8, 4) is 0 Å². The molecule has 1 aromatic rings. The van der Waals surface area contributed by atoms with Gasteiger partial charge in [0.1, 0.15) is 0 Å². The van der Waals surface area contributed by atoms with Crippen LogP contribution in [0.2, 0.25) is 0 Å². The van der Waals surface area contributed by atoms with E-state index < -0.39 is 24.6 Å². The molecule has 0 amide bonds. The lowest BCUT2D eigenvalue weighted by atomic mass is 9.77. The Morgan fingerprint density at radius 3 is 2.26 bits per heavy atom. The highest BCUT2D eigenvalue weighted by Crippen LogP contribution is 2.16. The van der Waals surface area contributed by atoms with Crippen molar-refractivity contribution >= 4 is 12.6 Å². The van der Waals surface area contributed by atoms with Gasteiger partial charge in [-0.25, -0.2) is 13.2 Å². The highest BCUT2D eigenvalue weighted by molar-refractivity contribution is 6.61. The first-order valence-electron chi connectivity index (χ1n) is 6.49. The van der Waals surface area contributed by atoms with E-state index in [2.05, 4.69) is 6.92 Å². The second-order valence-corrected chi connectivity index (χ2v) is 4.81. The normalized spacial score (nSPS) is 16.9. The van der Waals surface area contributed by atoms with E-state index in [1.54, 1.807) is 0 Å². The van der Waals surface area contributed by atoms with Crippen LogP contribution in [0.5, 0.6) is 0 Å². The van der Waals surface area contributed by atoms with Crippen molar-refractivity contribution in [2.75, 3.05) is 13.2 Å². The number of hydrogen-bond acceptors (Lipinski definition) is 2. The van der Waals surface area contributed by atoms with Gasteiger partial charge in [-0.15, -0.1) is 0 Å². The first-order valence-corrected chi connectivity index (χ1v) is 6.49. The zero-order valence-corrected chi connectivity index (χ0v) is 10.8. The molecule has 0 unspecified atom stereocenters. The van der Waals surface area contributed by atoms with Crippen molar-refractivity contribution in [3.63, 3.8) is 0 Å². The van der Waals surface area contributed by atoms with E-state index in [0.29, 0.717) is 19.1 Å². The van der Waals surface area contributed by atoms with Crippen LogP contribution in [0.15, 0.2) is 12.1 Å². The maximum Gasteiger partial charge on any atom is 0.494 e. The summed E-state index contributed by atoms with van der Waals surface area (Å²) in [7, 11) is -0.817. The molecule has 2 nitrogen and oxygen atoms in total. The summed E-state index contributed by atoms with van der Waals surface area (Å²) in [5.74, 6) is -3.61. The van der Waals surface area contributed by atoms with Gasteiger partial charge in [0.25, 0.3) is 0 Å². The molecular formula is C13H16BF3O2. The quantitative estimate of drug-likeness (QED) is 0.619. The summed E-state index contributed by atoms with van der Waals surface area (Å²) >= 11 is 0. The Bertz CT molecular complexity index is 411. The number of benzene rings is 1. The number of rotatable bonds is 4. The van der Waals surface area contributed by atoms with Crippen molar-refractivity contribution in [1.29, 1.82) is 0 Å². The lowest BCUT2D eigenvalue weighted by Gasteiger charge is -2.27. The molecule has 0 atom stereocenters. The van der Waals surface area contributed by atoms with E-state index in [-0.39, 0.29) is 5.46 Å². The highest BCUT2D eigenvalue weighted by Gasteiger charge is 2.30. The van der Waals surface area contributed by atoms with Gasteiger partial charge >= 0.3 is 7.12 Å². The molecule has 0 aliphatic carbocycles. The maximum absolute atomic E-state index is 13.1. The lowest BCUT2D eigenvalue weighted by molar-refractivity contribution is 0.0812. The molecule has 0 saturated carbocycles. The van der Waals surface area contributed by atoms with E-state index in [1.165, 1.54) is 0 Å². The van der Waals surface area contributed by atoms with Crippen LogP contribution in [-0.4, -0.2) is 20.3 Å². The summed E-state index contributed by atoms with van der Waals surface area (Å²) in [6.45, 7) is 3.09. The smallest absolute Gasteiger partial charge is 0.407 e. The highest BCUT2D eigenvalue weighted by atomic mass is 19.2. The molecule has 1 fully saturated rings. The van der Waals surface area contributed by atoms with Crippen LogP contribution in [0.4, 0.5) is 13.2 Å². The summed E-state index contributed by atoms with van der Waals surface area (Å²) in [5, 5.41) is 0. The molecular weight excluding hydrogens is 256 g/mol. The molecule has 1 aliphatic heterocycles. The van der Waals surface area contributed by atoms with Crippen LogP contribution in [0, 0.1) is 23.4 Å². The fourth-order valence-corrected chi connectivity index (χ4v) is 2.11. The number of halogens is 3. The van der Waals surface area contributed by atoms with Gasteiger partial charge in [-0.05, 0) is 24.0 Å². The zero-order valence-electron chi connectivity index (χ0n) is 10.8. The van der Waals surface area contributed by atoms with Gasteiger partial charge in [0.2, 0.25) is 0 Å². The van der Waals surface area contributed by atoms with Gasteiger partial charge in [0.05, 0.1) is 0 Å². The third-order valence-corrected chi connectivity index (χ3v) is 3.21. The third-order valence-electron chi connectivity index (χ3n) is 3.21. The Balaban J connectivity index is 1.98. The molecule has 2 rings (SSSR count). The van der Waals surface area contributed by atoms with Crippen LogP contribution in [0.25, 0.3) is 0 Å². The molecule has 1 aliphatic rings. The van der Waals surface area contributed by atoms with Crippen molar-refractivity contribution in [2.24, 2.45) is 5.92 Å². The average Bonchev–Trinajstić information content (AvgIpc) is 2.42. The molecule has 0 bridgehead atoms. The van der Waals surface area contributed by atoms with Gasteiger partial charge in [-0.3, -0.25) is 0 Å². The second kappa shape index (κ2) is 6.43. The second-order valence-electron chi connectivity index (χ2n) is 4.81. The van der Waals surface area contributed by atoms with Gasteiger partial charge in [-0.1, -0.05) is 19.8 Å². The molecule has 0 radical (unpaired) electrons. The predicted octanol–water partition coefficient (Wildman–Crippen LogP) is 2.65. The van der Waals surface area contributed by atoms with Crippen molar-refractivity contribution < 1.29 is 22.5 Å². The minimum absolute atomic E-state index is 0.172. The fraction of sp³-hybridized carbons (Fsp3) is 0.538. The lowest BCUT2D eigenvalue weighted by Crippen LogP contribution is -2.44. The first-order chi connectivity index (χ1) is 9.11. The van der Waals surface area contributed by atoms with Crippen LogP contribution in [0.3, 0.4) is 0 Å². The van der Waals surface area contributed by atoms with Crippen LogP contribution in [0.1, 0.15) is 26.2 Å². The Morgan fingerprint density at radius 2 is 1.74 bits per heavy atom. The SMILES string of the molecule is CCCCC1COB(c2cc(F)c(F)c(F)c2)OC1. The maximum atomic E-state index is 13.1. The Kier molecular flexibility index (Phi) is 4.88. The van der Waals surface area contributed by atoms with E-state index in [4.69, 9.17) is 9.31 Å². The first kappa shape index (κ1) is 14.4. The van der Waals surface area contributed by atoms with Gasteiger partial charge in [0, 0.05) is 19.1 Å². The topological polar surface area (TPSA) is 18.5 Å². The standard InChI is InChI=1S/C13H16BF3O2/c1-2-3-4-9-7-18-14(19-8-9)10-5-11(15)13(17)12(16)6-10/h5-6,9H,2-4,7-8H2,1H3. The van der Waals surface area contributed by atoms with Crippen molar-refractivity contribution in [3.05, 3.63) is 29.6 Å². The van der Waals surface area contributed by atoms with E-state index >= 15 is 0 Å². The van der Waals surface area contributed by atoms with Gasteiger partial charge in [-0.2, -0.15) is 0 Å². The summed E-state index contributed by atoms with van der Waals surface area (Å²) in [5.41, 5.74) is 0.172. The molecule has 1 heterocycles. The summed E-state index contributed by atoms with van der Waals surface area (Å²) < 4.78 is 50.0. The van der Waals surface area contributed by atoms with Crippen LogP contribution < -0.4 is 5.46 Å². The fourth-order valence-electron chi connectivity index (χ4n) is 2.11. The largest absolute Gasteiger partial charge is 0.494 e. The Labute approximate surface area is 111 Å². The molecule has 6 heteroatoms. The van der Waals surface area contributed by atoms with Gasteiger partial charge in [0.15, 0.2) is 17.5 Å². The van der Waals surface area contributed by atoms with Crippen molar-refractivity contribution in [2.45, 2.75) is 26.2 Å². The summed E-state index contributed by atoms with van der Waals surface area (Å²) in [4.78, 5) is 0. The van der Waals surface area contributed by atoms with E-state index in [0.717, 1.165) is 31.4 Å². The van der Waals surface area contributed by atoms with Gasteiger partial charge < -0.3 is 9.31 Å². The molecule has 104 valence electrons. The zero-order chi connectivity index (χ0) is 13.8. The number of hydrogen-bond donors (Lipinski definition) is 0. The predicted molar refractivity (Wildman–Crippen MR) is 66.6 cm³/mol. The molecule has 1 saturated heterocycles. The Hall–Kier alpha value is -1.01. The molecule has 0 aromatic heterocycles. The van der Waals surface area contributed by atoms with E-state index in [1.807, 2.05) is 0 Å². The molecule has 0 N–H and O–H groups in total. The third kappa shape index (κ3) is 3.51. The monoisotopic (exact) mass is 272 g/mol. The minimum Gasteiger partial charge on any atom is -0.407 e. The summed E-state index contributed by atoms with van der Waals surface area (Å²) in [6.07, 6.45) is 3.21. The molecule has 19 heavy (non-hydrogen) atoms. The molecule has 1 aromatic carbocycles.